The molecule has 1 heterocycles. The highest BCUT2D eigenvalue weighted by Crippen LogP contribution is 2.31. The van der Waals surface area contributed by atoms with E-state index in [-0.39, 0.29) is 17.3 Å². The molecule has 0 aliphatic carbocycles. The van der Waals surface area contributed by atoms with Gasteiger partial charge in [0.15, 0.2) is 17.2 Å². The first-order valence-electron chi connectivity index (χ1n) is 9.79. The maximum absolute atomic E-state index is 12.5. The summed E-state index contributed by atoms with van der Waals surface area (Å²) >= 11 is 8.37. The summed E-state index contributed by atoms with van der Waals surface area (Å²) in [6, 6.07) is 17.4. The van der Waals surface area contributed by atoms with Crippen molar-refractivity contribution in [1.29, 1.82) is 0 Å². The number of rotatable bonds is 5. The molecule has 0 saturated carbocycles. The van der Waals surface area contributed by atoms with Gasteiger partial charge in [0, 0.05) is 3.57 Å². The van der Waals surface area contributed by atoms with Crippen LogP contribution in [0.1, 0.15) is 27.0 Å². The molecule has 0 N–H and O–H groups in total. The first-order chi connectivity index (χ1) is 15.8. The van der Waals surface area contributed by atoms with Gasteiger partial charge in [-0.1, -0.05) is 35.4 Å². The van der Waals surface area contributed by atoms with Crippen LogP contribution in [0.5, 0.6) is 11.5 Å². The van der Waals surface area contributed by atoms with E-state index in [1.807, 2.05) is 19.1 Å². The molecule has 8 heteroatoms. The number of carbonyl (C=O) groups is 2. The van der Waals surface area contributed by atoms with Crippen LogP contribution in [0.15, 0.2) is 71.4 Å². The summed E-state index contributed by atoms with van der Waals surface area (Å²) in [6.45, 7) is 1.90. The second kappa shape index (κ2) is 9.76. The van der Waals surface area contributed by atoms with Crippen LogP contribution in [0.2, 0.25) is 5.02 Å². The Hall–Kier alpha value is -3.17. The number of methoxy groups -OCH3 is 1. The summed E-state index contributed by atoms with van der Waals surface area (Å²) in [5.74, 6) is -0.345. The zero-order valence-electron chi connectivity index (χ0n) is 17.6. The third kappa shape index (κ3) is 5.26. The SMILES string of the molecule is COc1cc(/C=C2\N=C(c3cc(I)ccc3Cl)OC2=O)ccc1OC(=O)c1cccc(C)c1. The van der Waals surface area contributed by atoms with Crippen LogP contribution in [0.3, 0.4) is 0 Å². The summed E-state index contributed by atoms with van der Waals surface area (Å²) in [7, 11) is 1.47. The van der Waals surface area contributed by atoms with Crippen LogP contribution in [0, 0.1) is 10.5 Å². The van der Waals surface area contributed by atoms with Crippen LogP contribution in [-0.4, -0.2) is 24.9 Å². The molecule has 0 bridgehead atoms. The van der Waals surface area contributed by atoms with Crippen molar-refractivity contribution in [3.05, 3.63) is 97.2 Å². The second-order valence-electron chi connectivity index (χ2n) is 7.13. The molecule has 6 nitrogen and oxygen atoms in total. The van der Waals surface area contributed by atoms with Gasteiger partial charge >= 0.3 is 11.9 Å². The summed E-state index contributed by atoms with van der Waals surface area (Å²) in [5, 5.41) is 0.435. The van der Waals surface area contributed by atoms with Gasteiger partial charge < -0.3 is 14.2 Å². The monoisotopic (exact) mass is 573 g/mol. The first-order valence-corrected chi connectivity index (χ1v) is 11.2. The van der Waals surface area contributed by atoms with E-state index in [1.165, 1.54) is 7.11 Å². The molecule has 0 unspecified atom stereocenters. The molecule has 0 radical (unpaired) electrons. The number of aliphatic imine (C=N–C) groups is 1. The minimum Gasteiger partial charge on any atom is -0.493 e. The van der Waals surface area contributed by atoms with Crippen LogP contribution in [-0.2, 0) is 9.53 Å². The van der Waals surface area contributed by atoms with Gasteiger partial charge in [0.25, 0.3) is 0 Å². The van der Waals surface area contributed by atoms with Crippen molar-refractivity contribution in [3.8, 4) is 11.5 Å². The summed E-state index contributed by atoms with van der Waals surface area (Å²) < 4.78 is 17.1. The average Bonchev–Trinajstić information content (AvgIpc) is 3.16. The third-order valence-corrected chi connectivity index (χ3v) is 5.73. The van der Waals surface area contributed by atoms with Crippen LogP contribution in [0.4, 0.5) is 0 Å². The Bertz CT molecular complexity index is 1330. The number of hydrogen-bond acceptors (Lipinski definition) is 6. The fourth-order valence-electron chi connectivity index (χ4n) is 3.13. The van der Waals surface area contributed by atoms with E-state index in [9.17, 15) is 9.59 Å². The maximum atomic E-state index is 12.5. The lowest BCUT2D eigenvalue weighted by molar-refractivity contribution is -0.129. The van der Waals surface area contributed by atoms with E-state index in [2.05, 4.69) is 27.6 Å². The van der Waals surface area contributed by atoms with E-state index in [0.717, 1.165) is 9.13 Å². The average molecular weight is 574 g/mol. The molecule has 0 fully saturated rings. The Labute approximate surface area is 209 Å². The Kier molecular flexibility index (Phi) is 6.80. The van der Waals surface area contributed by atoms with Crippen molar-refractivity contribution in [2.45, 2.75) is 6.92 Å². The Morgan fingerprint density at radius 3 is 2.67 bits per heavy atom. The molecule has 0 amide bonds. The van der Waals surface area contributed by atoms with Crippen molar-refractivity contribution in [1.82, 2.24) is 0 Å². The van der Waals surface area contributed by atoms with Crippen LogP contribution in [0.25, 0.3) is 6.08 Å². The number of esters is 2. The normalized spacial score (nSPS) is 14.1. The number of hydrogen-bond donors (Lipinski definition) is 0. The molecule has 166 valence electrons. The number of benzene rings is 3. The predicted octanol–water partition coefficient (Wildman–Crippen LogP) is 5.83. The molecule has 0 atom stereocenters. The minimum atomic E-state index is -0.589. The lowest BCUT2D eigenvalue weighted by Crippen LogP contribution is -2.09. The quantitative estimate of drug-likeness (QED) is 0.166. The molecule has 1 aliphatic heterocycles. The molecule has 0 saturated heterocycles. The van der Waals surface area contributed by atoms with Crippen LogP contribution < -0.4 is 9.47 Å². The Morgan fingerprint density at radius 2 is 1.91 bits per heavy atom. The van der Waals surface area contributed by atoms with Gasteiger partial charge in [-0.15, -0.1) is 0 Å². The van der Waals surface area contributed by atoms with Gasteiger partial charge in [0.2, 0.25) is 5.90 Å². The standard InChI is InChI=1S/C25H17ClINO5/c1-14-4-3-5-16(10-14)24(29)32-21-9-6-15(12-22(21)31-2)11-20-25(30)33-23(28-20)18-13-17(27)7-8-19(18)26/h3-13H,1-2H3/b20-11-. The highest BCUT2D eigenvalue weighted by Gasteiger charge is 2.26. The number of cyclic esters (lactones) is 1. The van der Waals surface area contributed by atoms with Gasteiger partial charge in [-0.2, -0.15) is 0 Å². The molecule has 1 aliphatic rings. The molecule has 33 heavy (non-hydrogen) atoms. The van der Waals surface area contributed by atoms with Crippen molar-refractivity contribution >= 4 is 58.1 Å². The molecule has 0 spiro atoms. The number of halogens is 2. The predicted molar refractivity (Wildman–Crippen MR) is 134 cm³/mol. The number of carbonyl (C=O) groups excluding carboxylic acids is 2. The molecule has 3 aromatic carbocycles. The summed E-state index contributed by atoms with van der Waals surface area (Å²) in [6.07, 6.45) is 1.56. The van der Waals surface area contributed by atoms with E-state index in [4.69, 9.17) is 25.8 Å². The lowest BCUT2D eigenvalue weighted by atomic mass is 10.1. The fourth-order valence-corrected chi connectivity index (χ4v) is 3.82. The zero-order valence-corrected chi connectivity index (χ0v) is 20.5. The van der Waals surface area contributed by atoms with Gasteiger partial charge in [-0.05, 0) is 83.6 Å². The van der Waals surface area contributed by atoms with Crippen LogP contribution >= 0.6 is 34.2 Å². The van der Waals surface area contributed by atoms with Crippen molar-refractivity contribution in [2.24, 2.45) is 4.99 Å². The van der Waals surface area contributed by atoms with Crippen molar-refractivity contribution in [3.63, 3.8) is 0 Å². The van der Waals surface area contributed by atoms with E-state index < -0.39 is 11.9 Å². The second-order valence-corrected chi connectivity index (χ2v) is 8.78. The number of ether oxygens (including phenoxy) is 3. The summed E-state index contributed by atoms with van der Waals surface area (Å²) in [4.78, 5) is 29.1. The third-order valence-electron chi connectivity index (χ3n) is 4.73. The minimum absolute atomic E-state index is 0.117. The van der Waals surface area contributed by atoms with Gasteiger partial charge in [-0.25, -0.2) is 14.6 Å². The molecule has 3 aromatic rings. The van der Waals surface area contributed by atoms with E-state index in [0.29, 0.717) is 27.5 Å². The Morgan fingerprint density at radius 1 is 1.09 bits per heavy atom. The fraction of sp³-hybridized carbons (Fsp3) is 0.0800. The Balaban J connectivity index is 1.59. The molecular weight excluding hydrogens is 557 g/mol. The van der Waals surface area contributed by atoms with Gasteiger partial charge in [-0.3, -0.25) is 0 Å². The lowest BCUT2D eigenvalue weighted by Gasteiger charge is -2.10. The smallest absolute Gasteiger partial charge is 0.363 e. The highest BCUT2D eigenvalue weighted by molar-refractivity contribution is 14.1. The molecule has 4 rings (SSSR count). The largest absolute Gasteiger partial charge is 0.493 e. The van der Waals surface area contributed by atoms with E-state index >= 15 is 0 Å². The topological polar surface area (TPSA) is 74.2 Å². The maximum Gasteiger partial charge on any atom is 0.363 e. The van der Waals surface area contributed by atoms with Crippen molar-refractivity contribution < 1.29 is 23.8 Å². The number of aryl methyl sites for hydroxylation is 1. The van der Waals surface area contributed by atoms with Gasteiger partial charge in [0.05, 0.1) is 23.3 Å². The molecule has 0 aromatic heterocycles. The van der Waals surface area contributed by atoms with E-state index in [1.54, 1.807) is 54.6 Å². The summed E-state index contributed by atoms with van der Waals surface area (Å²) in [5.41, 5.74) is 2.66. The molecular formula is C25H17ClINO5. The zero-order chi connectivity index (χ0) is 23.5. The van der Waals surface area contributed by atoms with Gasteiger partial charge in [0.1, 0.15) is 0 Å². The number of nitrogens with zero attached hydrogens (tertiary/aromatic N) is 1. The van der Waals surface area contributed by atoms with Crippen molar-refractivity contribution in [2.75, 3.05) is 7.11 Å². The highest BCUT2D eigenvalue weighted by atomic mass is 127. The first kappa shape index (κ1) is 23.0.